The Labute approximate surface area is 109 Å². The van der Waals surface area contributed by atoms with Gasteiger partial charge in [-0.05, 0) is 18.2 Å². The third-order valence-corrected chi connectivity index (χ3v) is 3.69. The van der Waals surface area contributed by atoms with Gasteiger partial charge in [-0.2, -0.15) is 0 Å². The molecule has 0 saturated carbocycles. The van der Waals surface area contributed by atoms with Gasteiger partial charge in [0.15, 0.2) is 11.9 Å². The molecule has 0 spiro atoms. The molecule has 0 atom stereocenters. The molecule has 3 heteroatoms. The second-order valence-electron chi connectivity index (χ2n) is 4.69. The highest BCUT2D eigenvalue weighted by molar-refractivity contribution is 6.19. The molecule has 19 heavy (non-hydrogen) atoms. The van der Waals surface area contributed by atoms with E-state index in [1.807, 2.05) is 49.5 Å². The Morgan fingerprint density at radius 1 is 1.11 bits per heavy atom. The first-order valence-corrected chi connectivity index (χ1v) is 6.15. The number of aryl methyl sites for hydroxylation is 1. The highest BCUT2D eigenvalue weighted by Crippen LogP contribution is 2.36. The number of aromatic nitrogens is 1. The molecule has 2 heterocycles. The number of carbonyl (C=O) groups excluding carboxylic acids is 1. The van der Waals surface area contributed by atoms with Crippen molar-refractivity contribution >= 4 is 39.3 Å². The summed E-state index contributed by atoms with van der Waals surface area (Å²) in [6, 6.07) is 13.7. The van der Waals surface area contributed by atoms with Gasteiger partial charge >= 0.3 is 0 Å². The molecule has 4 rings (SSSR count). The molecule has 0 aliphatic rings. The Hall–Kier alpha value is -2.55. The molecule has 92 valence electrons. The lowest BCUT2D eigenvalue weighted by Crippen LogP contribution is -1.87. The predicted molar refractivity (Wildman–Crippen MR) is 75.6 cm³/mol. The summed E-state index contributed by atoms with van der Waals surface area (Å²) in [5.74, 6) is 0. The van der Waals surface area contributed by atoms with Crippen molar-refractivity contribution in [1.29, 1.82) is 0 Å². The second kappa shape index (κ2) is 3.48. The van der Waals surface area contributed by atoms with Crippen molar-refractivity contribution in [2.75, 3.05) is 0 Å². The van der Waals surface area contributed by atoms with Crippen LogP contribution in [-0.2, 0) is 7.05 Å². The highest BCUT2D eigenvalue weighted by Gasteiger charge is 2.17. The molecule has 0 fully saturated rings. The molecule has 0 unspecified atom stereocenters. The molecule has 0 radical (unpaired) electrons. The van der Waals surface area contributed by atoms with E-state index in [1.54, 1.807) is 0 Å². The lowest BCUT2D eigenvalue weighted by Gasteiger charge is -1.98. The number of benzene rings is 2. The summed E-state index contributed by atoms with van der Waals surface area (Å²) in [7, 11) is 2.00. The number of rotatable bonds is 1. The number of carbonyl (C=O) groups is 1. The van der Waals surface area contributed by atoms with E-state index in [0.29, 0.717) is 5.56 Å². The van der Waals surface area contributed by atoms with E-state index in [0.717, 1.165) is 39.3 Å². The quantitative estimate of drug-likeness (QED) is 0.480. The number of hydrogen-bond acceptors (Lipinski definition) is 2. The summed E-state index contributed by atoms with van der Waals surface area (Å²) in [4.78, 5) is 11.2. The number of fused-ring (bicyclic) bond motifs is 5. The van der Waals surface area contributed by atoms with Gasteiger partial charge in [0, 0.05) is 18.0 Å². The Balaban J connectivity index is 2.38. The summed E-state index contributed by atoms with van der Waals surface area (Å²) >= 11 is 0. The van der Waals surface area contributed by atoms with Gasteiger partial charge in [-0.3, -0.25) is 4.79 Å². The zero-order valence-electron chi connectivity index (χ0n) is 10.4. The fourth-order valence-electron chi connectivity index (χ4n) is 2.84. The fraction of sp³-hybridized carbons (Fsp3) is 0.0625. The van der Waals surface area contributed by atoms with E-state index in [1.165, 1.54) is 0 Å². The van der Waals surface area contributed by atoms with Crippen LogP contribution in [0.15, 0.2) is 46.9 Å². The first kappa shape index (κ1) is 10.4. The molecule has 0 aliphatic heterocycles. The minimum Gasteiger partial charge on any atom is -0.454 e. The molecule has 0 aliphatic carbocycles. The van der Waals surface area contributed by atoms with Gasteiger partial charge in [-0.1, -0.05) is 24.3 Å². The molecular weight excluding hydrogens is 238 g/mol. The van der Waals surface area contributed by atoms with Crippen LogP contribution in [0.4, 0.5) is 0 Å². The first-order valence-electron chi connectivity index (χ1n) is 6.15. The molecule has 0 amide bonds. The van der Waals surface area contributed by atoms with Crippen molar-refractivity contribution in [2.45, 2.75) is 0 Å². The molecular formula is C16H11NO2. The molecule has 0 N–H and O–H groups in total. The van der Waals surface area contributed by atoms with Crippen molar-refractivity contribution in [3.05, 3.63) is 48.0 Å². The van der Waals surface area contributed by atoms with E-state index in [2.05, 4.69) is 4.57 Å². The van der Waals surface area contributed by atoms with Crippen molar-refractivity contribution < 1.29 is 9.21 Å². The third kappa shape index (κ3) is 1.19. The van der Waals surface area contributed by atoms with Gasteiger partial charge < -0.3 is 8.98 Å². The Morgan fingerprint density at radius 3 is 2.79 bits per heavy atom. The van der Waals surface area contributed by atoms with Crippen molar-refractivity contribution in [3.63, 3.8) is 0 Å². The van der Waals surface area contributed by atoms with Crippen LogP contribution in [-0.4, -0.2) is 10.9 Å². The number of para-hydroxylation sites is 1. The Morgan fingerprint density at radius 2 is 1.95 bits per heavy atom. The van der Waals surface area contributed by atoms with Crippen LogP contribution in [0.3, 0.4) is 0 Å². The van der Waals surface area contributed by atoms with E-state index >= 15 is 0 Å². The van der Waals surface area contributed by atoms with E-state index in [4.69, 9.17) is 4.42 Å². The topological polar surface area (TPSA) is 35.1 Å². The summed E-state index contributed by atoms with van der Waals surface area (Å²) < 4.78 is 8.04. The number of furan rings is 1. The van der Waals surface area contributed by atoms with Crippen molar-refractivity contribution in [2.24, 2.45) is 7.05 Å². The van der Waals surface area contributed by atoms with Crippen LogP contribution in [0.25, 0.3) is 33.0 Å². The molecule has 0 saturated heterocycles. The number of aldehydes is 1. The SMILES string of the molecule is Cn1c2cccc(C=O)c2c2oc3ccccc3c21. The third-order valence-electron chi connectivity index (χ3n) is 3.69. The van der Waals surface area contributed by atoms with Gasteiger partial charge in [0.25, 0.3) is 0 Å². The van der Waals surface area contributed by atoms with Gasteiger partial charge in [0.2, 0.25) is 0 Å². The molecule has 2 aromatic heterocycles. The smallest absolute Gasteiger partial charge is 0.161 e. The van der Waals surface area contributed by atoms with E-state index in [9.17, 15) is 4.79 Å². The van der Waals surface area contributed by atoms with Crippen molar-refractivity contribution in [1.82, 2.24) is 4.57 Å². The van der Waals surface area contributed by atoms with E-state index < -0.39 is 0 Å². The summed E-state index contributed by atoms with van der Waals surface area (Å²) in [6.45, 7) is 0. The lowest BCUT2D eigenvalue weighted by molar-refractivity contribution is 0.112. The van der Waals surface area contributed by atoms with Gasteiger partial charge in [0.1, 0.15) is 5.58 Å². The van der Waals surface area contributed by atoms with Crippen LogP contribution < -0.4 is 0 Å². The maximum absolute atomic E-state index is 11.2. The Kier molecular flexibility index (Phi) is 1.90. The monoisotopic (exact) mass is 249 g/mol. The largest absolute Gasteiger partial charge is 0.454 e. The van der Waals surface area contributed by atoms with E-state index in [-0.39, 0.29) is 0 Å². The molecule has 4 aromatic rings. The first-order chi connectivity index (χ1) is 9.31. The van der Waals surface area contributed by atoms with Crippen LogP contribution >= 0.6 is 0 Å². The Bertz CT molecular complexity index is 944. The molecule has 3 nitrogen and oxygen atoms in total. The van der Waals surface area contributed by atoms with Gasteiger partial charge in [0.05, 0.1) is 16.4 Å². The normalized spacial score (nSPS) is 11.6. The number of nitrogens with zero attached hydrogens (tertiary/aromatic N) is 1. The summed E-state index contributed by atoms with van der Waals surface area (Å²) in [6.07, 6.45) is 0.884. The minimum absolute atomic E-state index is 0.669. The van der Waals surface area contributed by atoms with Crippen LogP contribution in [0.1, 0.15) is 10.4 Å². The standard InChI is InChI=1S/C16H11NO2/c1-17-12-7-4-5-10(9-18)14(12)16-15(17)11-6-2-3-8-13(11)19-16/h2-9H,1H3. The van der Waals surface area contributed by atoms with Gasteiger partial charge in [-0.25, -0.2) is 0 Å². The average molecular weight is 249 g/mol. The fourth-order valence-corrected chi connectivity index (χ4v) is 2.84. The summed E-state index contributed by atoms with van der Waals surface area (Å²) in [5, 5.41) is 1.97. The maximum atomic E-state index is 11.2. The molecule has 2 aromatic carbocycles. The highest BCUT2D eigenvalue weighted by atomic mass is 16.3. The average Bonchev–Trinajstić information content (AvgIpc) is 2.96. The minimum atomic E-state index is 0.669. The number of hydrogen-bond donors (Lipinski definition) is 0. The maximum Gasteiger partial charge on any atom is 0.161 e. The van der Waals surface area contributed by atoms with Crippen LogP contribution in [0, 0.1) is 0 Å². The zero-order chi connectivity index (χ0) is 13.0. The summed E-state index contributed by atoms with van der Waals surface area (Å²) in [5.41, 5.74) is 4.37. The lowest BCUT2D eigenvalue weighted by atomic mass is 10.1. The zero-order valence-corrected chi connectivity index (χ0v) is 10.4. The predicted octanol–water partition coefficient (Wildman–Crippen LogP) is 3.89. The van der Waals surface area contributed by atoms with Crippen molar-refractivity contribution in [3.8, 4) is 0 Å². The van der Waals surface area contributed by atoms with Crippen LogP contribution in [0.2, 0.25) is 0 Å². The van der Waals surface area contributed by atoms with Crippen LogP contribution in [0.5, 0.6) is 0 Å². The second-order valence-corrected chi connectivity index (χ2v) is 4.69. The van der Waals surface area contributed by atoms with Gasteiger partial charge in [-0.15, -0.1) is 0 Å². The molecule has 0 bridgehead atoms.